The van der Waals surface area contributed by atoms with Gasteiger partial charge in [-0.15, -0.1) is 5.10 Å². The first kappa shape index (κ1) is 25.8. The van der Waals surface area contributed by atoms with Gasteiger partial charge in [0.2, 0.25) is 0 Å². The fourth-order valence-corrected chi connectivity index (χ4v) is 4.69. The van der Waals surface area contributed by atoms with Crippen molar-refractivity contribution in [1.29, 1.82) is 0 Å². The monoisotopic (exact) mass is 523 g/mol. The number of ketones is 1. The number of carbonyl (C=O) groups excluding carboxylic acids is 1. The van der Waals surface area contributed by atoms with E-state index in [0.717, 1.165) is 41.6 Å². The second-order valence-electron chi connectivity index (χ2n) is 9.22. The van der Waals surface area contributed by atoms with Gasteiger partial charge in [-0.2, -0.15) is 0 Å². The molecule has 0 saturated heterocycles. The number of para-hydroxylation sites is 1. The number of hydrogen-bond acceptors (Lipinski definition) is 7. The number of methoxy groups -OCH3 is 1. The predicted molar refractivity (Wildman–Crippen MR) is 147 cm³/mol. The summed E-state index contributed by atoms with van der Waals surface area (Å²) in [5.41, 5.74) is 5.06. The van der Waals surface area contributed by atoms with E-state index in [1.807, 2.05) is 42.6 Å². The van der Waals surface area contributed by atoms with Crippen molar-refractivity contribution >= 4 is 5.78 Å². The van der Waals surface area contributed by atoms with Crippen LogP contribution in [0.3, 0.4) is 0 Å². The molecular weight excluding hydrogens is 494 g/mol. The van der Waals surface area contributed by atoms with Crippen molar-refractivity contribution in [3.05, 3.63) is 94.3 Å². The summed E-state index contributed by atoms with van der Waals surface area (Å²) in [7, 11) is 1.54. The van der Waals surface area contributed by atoms with Gasteiger partial charge >= 0.3 is 5.69 Å². The summed E-state index contributed by atoms with van der Waals surface area (Å²) < 4.78 is 8.86. The molecule has 5 aromatic rings. The van der Waals surface area contributed by atoms with Crippen molar-refractivity contribution in [1.82, 2.24) is 34.7 Å². The minimum absolute atomic E-state index is 0.134. The molecule has 0 radical (unpaired) electrons. The second kappa shape index (κ2) is 11.3. The van der Waals surface area contributed by atoms with Crippen molar-refractivity contribution in [2.24, 2.45) is 0 Å². The number of aromatic amines is 1. The summed E-state index contributed by atoms with van der Waals surface area (Å²) in [6.45, 7) is 4.00. The molecule has 10 heteroatoms. The number of tetrazole rings is 1. The quantitative estimate of drug-likeness (QED) is 0.268. The van der Waals surface area contributed by atoms with Gasteiger partial charge in [0.05, 0.1) is 13.7 Å². The zero-order valence-corrected chi connectivity index (χ0v) is 22.1. The maximum atomic E-state index is 13.8. The van der Waals surface area contributed by atoms with Gasteiger partial charge < -0.3 is 4.74 Å². The number of H-pyrrole nitrogens is 1. The van der Waals surface area contributed by atoms with E-state index in [4.69, 9.17) is 4.74 Å². The number of Topliss-reactive ketones (excluding diaryl/α,β-unsaturated/α-hetero) is 1. The summed E-state index contributed by atoms with van der Waals surface area (Å²) in [6, 6.07) is 17.1. The van der Waals surface area contributed by atoms with Crippen LogP contribution in [-0.2, 0) is 13.0 Å². The highest BCUT2D eigenvalue weighted by atomic mass is 16.5. The van der Waals surface area contributed by atoms with Gasteiger partial charge in [-0.05, 0) is 59.5 Å². The Labute approximate surface area is 225 Å². The van der Waals surface area contributed by atoms with E-state index in [1.165, 1.54) is 14.0 Å². The Hall–Kier alpha value is -4.86. The number of carbonyl (C=O) groups is 1. The summed E-state index contributed by atoms with van der Waals surface area (Å²) in [5.74, 6) is 0.831. The van der Waals surface area contributed by atoms with Crippen LogP contribution in [0.15, 0.2) is 71.8 Å². The Balaban J connectivity index is 1.53. The highest BCUT2D eigenvalue weighted by Gasteiger charge is 2.20. The van der Waals surface area contributed by atoms with Crippen molar-refractivity contribution in [3.63, 3.8) is 0 Å². The number of nitrogens with zero attached hydrogens (tertiary/aromatic N) is 6. The Morgan fingerprint density at radius 1 is 1.08 bits per heavy atom. The topological polar surface area (TPSA) is 121 Å². The Morgan fingerprint density at radius 2 is 1.90 bits per heavy atom. The minimum Gasteiger partial charge on any atom is -0.495 e. The number of rotatable bonds is 10. The molecule has 1 N–H and O–H groups in total. The largest absolute Gasteiger partial charge is 0.495 e. The fraction of sp³-hybridized carbons (Fsp3) is 0.241. The van der Waals surface area contributed by atoms with Crippen LogP contribution >= 0.6 is 0 Å². The molecule has 3 heterocycles. The molecular formula is C29H29N7O3. The molecule has 0 amide bonds. The zero-order valence-electron chi connectivity index (χ0n) is 22.1. The molecule has 10 nitrogen and oxygen atoms in total. The predicted octanol–water partition coefficient (Wildman–Crippen LogP) is 4.48. The van der Waals surface area contributed by atoms with Crippen LogP contribution in [0.4, 0.5) is 0 Å². The molecule has 0 atom stereocenters. The number of unbranched alkanes of at least 4 members (excludes halogenated alkanes) is 1. The standard InChI is InChI=1S/C29H29N7O3/c1-4-5-8-22-18-36(27-23(19(2)37)9-6-11-25(27)39-3)29(38)35(22)17-20-12-14-21(15-13-20)24-10-7-16-30-26(24)28-31-33-34-32-28/h6-7,9-16,18H,4-5,8,17H2,1-3H3,(H,31,32,33,34). The van der Waals surface area contributed by atoms with Crippen LogP contribution in [0.2, 0.25) is 0 Å². The first-order chi connectivity index (χ1) is 19.0. The van der Waals surface area contributed by atoms with E-state index in [2.05, 4.69) is 32.5 Å². The molecule has 3 aromatic heterocycles. The van der Waals surface area contributed by atoms with Gasteiger partial charge in [0.1, 0.15) is 17.1 Å². The molecule has 0 fully saturated rings. The van der Waals surface area contributed by atoms with Gasteiger partial charge in [0, 0.05) is 29.2 Å². The lowest BCUT2D eigenvalue weighted by Gasteiger charge is -2.12. The lowest BCUT2D eigenvalue weighted by molar-refractivity contribution is 0.101. The molecule has 0 aliphatic rings. The maximum Gasteiger partial charge on any atom is 0.333 e. The van der Waals surface area contributed by atoms with E-state index in [0.29, 0.717) is 35.1 Å². The molecule has 0 aliphatic heterocycles. The molecule has 5 rings (SSSR count). The molecule has 2 aromatic carbocycles. The third-order valence-corrected chi connectivity index (χ3v) is 6.67. The fourth-order valence-electron chi connectivity index (χ4n) is 4.69. The van der Waals surface area contributed by atoms with E-state index in [-0.39, 0.29) is 11.5 Å². The average molecular weight is 524 g/mol. The number of ether oxygens (including phenoxy) is 1. The Kier molecular flexibility index (Phi) is 7.44. The van der Waals surface area contributed by atoms with E-state index < -0.39 is 0 Å². The van der Waals surface area contributed by atoms with Crippen molar-refractivity contribution in [3.8, 4) is 34.1 Å². The van der Waals surface area contributed by atoms with Crippen LogP contribution in [0.1, 0.15) is 48.3 Å². The smallest absolute Gasteiger partial charge is 0.333 e. The Morgan fingerprint density at radius 3 is 2.59 bits per heavy atom. The number of imidazole rings is 1. The van der Waals surface area contributed by atoms with Gasteiger partial charge in [-0.1, -0.05) is 49.7 Å². The number of benzene rings is 2. The summed E-state index contributed by atoms with van der Waals surface area (Å²) in [5, 5.41) is 14.1. The summed E-state index contributed by atoms with van der Waals surface area (Å²) in [4.78, 5) is 30.7. The first-order valence-corrected chi connectivity index (χ1v) is 12.8. The minimum atomic E-state index is -0.218. The SMILES string of the molecule is CCCCc1cn(-c2c(OC)cccc2C(C)=O)c(=O)n1Cc1ccc(-c2cccnc2-c2nnn[nH]2)cc1. The van der Waals surface area contributed by atoms with Gasteiger partial charge in [0.25, 0.3) is 0 Å². The number of hydrogen-bond donors (Lipinski definition) is 1. The first-order valence-electron chi connectivity index (χ1n) is 12.8. The lowest BCUT2D eigenvalue weighted by atomic mass is 10.0. The highest BCUT2D eigenvalue weighted by Crippen LogP contribution is 2.29. The maximum absolute atomic E-state index is 13.8. The van der Waals surface area contributed by atoms with Crippen LogP contribution in [-0.4, -0.2) is 47.6 Å². The molecule has 0 bridgehead atoms. The third-order valence-electron chi connectivity index (χ3n) is 6.67. The lowest BCUT2D eigenvalue weighted by Crippen LogP contribution is -2.26. The molecule has 0 unspecified atom stereocenters. The number of aromatic nitrogens is 7. The number of nitrogens with one attached hydrogen (secondary N) is 1. The summed E-state index contributed by atoms with van der Waals surface area (Å²) in [6.07, 6.45) is 6.21. The van der Waals surface area contributed by atoms with E-state index in [9.17, 15) is 9.59 Å². The molecule has 0 aliphatic carbocycles. The van der Waals surface area contributed by atoms with E-state index in [1.54, 1.807) is 33.5 Å². The van der Waals surface area contributed by atoms with Gasteiger partial charge in [-0.3, -0.25) is 18.9 Å². The highest BCUT2D eigenvalue weighted by molar-refractivity contribution is 5.98. The molecule has 0 spiro atoms. The van der Waals surface area contributed by atoms with Crippen LogP contribution in [0.25, 0.3) is 28.3 Å². The second-order valence-corrected chi connectivity index (χ2v) is 9.22. The molecule has 0 saturated carbocycles. The number of aryl methyl sites for hydroxylation is 1. The van der Waals surface area contributed by atoms with Crippen LogP contribution in [0, 0.1) is 0 Å². The van der Waals surface area contributed by atoms with Crippen molar-refractivity contribution in [2.45, 2.75) is 39.7 Å². The normalized spacial score (nSPS) is 11.1. The zero-order chi connectivity index (χ0) is 27.4. The van der Waals surface area contributed by atoms with Crippen molar-refractivity contribution in [2.75, 3.05) is 7.11 Å². The van der Waals surface area contributed by atoms with Gasteiger partial charge in [-0.25, -0.2) is 9.89 Å². The van der Waals surface area contributed by atoms with Crippen LogP contribution < -0.4 is 10.4 Å². The van der Waals surface area contributed by atoms with Gasteiger partial charge in [0.15, 0.2) is 11.6 Å². The summed E-state index contributed by atoms with van der Waals surface area (Å²) >= 11 is 0. The van der Waals surface area contributed by atoms with Crippen LogP contribution in [0.5, 0.6) is 5.75 Å². The van der Waals surface area contributed by atoms with Crippen molar-refractivity contribution < 1.29 is 9.53 Å². The molecule has 39 heavy (non-hydrogen) atoms. The molecule has 198 valence electrons. The van der Waals surface area contributed by atoms with E-state index >= 15 is 0 Å². The average Bonchev–Trinajstić information content (AvgIpc) is 3.61. The third kappa shape index (κ3) is 5.13. The Bertz CT molecular complexity index is 1650. The number of pyridine rings is 1.